The van der Waals surface area contributed by atoms with Crippen LogP contribution < -0.4 is 10.0 Å². The molecule has 1 rings (SSSR count). The molecule has 5 nitrogen and oxygen atoms in total. The van der Waals surface area contributed by atoms with E-state index in [2.05, 4.69) is 10.0 Å². The largest absolute Gasteiger partial charge is 0.355 e. The van der Waals surface area contributed by atoms with E-state index >= 15 is 0 Å². The molecule has 0 atom stereocenters. The number of benzene rings is 1. The lowest BCUT2D eigenvalue weighted by Crippen LogP contribution is -2.38. The van der Waals surface area contributed by atoms with Crippen LogP contribution in [-0.2, 0) is 14.8 Å². The summed E-state index contributed by atoms with van der Waals surface area (Å²) in [6.07, 6.45) is 0. The van der Waals surface area contributed by atoms with Gasteiger partial charge in [0.05, 0.1) is 11.4 Å². The standard InChI is InChI=1S/C14H22N2O3S/c1-10(2)8-15-14(17)9-16-20(18,19)13-6-5-11(3)12(4)7-13/h5-7,10,16H,8-9H2,1-4H3,(H,15,17). The van der Waals surface area contributed by atoms with Gasteiger partial charge < -0.3 is 5.32 Å². The third-order valence-corrected chi connectivity index (χ3v) is 4.32. The number of carbonyl (C=O) groups excluding carboxylic acids is 1. The van der Waals surface area contributed by atoms with Crippen LogP contribution in [0.15, 0.2) is 23.1 Å². The molecule has 1 aromatic carbocycles. The average Bonchev–Trinajstić information content (AvgIpc) is 2.37. The maximum atomic E-state index is 12.0. The Morgan fingerprint density at radius 2 is 1.85 bits per heavy atom. The number of rotatable bonds is 6. The maximum absolute atomic E-state index is 12.0. The molecule has 0 saturated heterocycles. The van der Waals surface area contributed by atoms with Crippen molar-refractivity contribution in [3.63, 3.8) is 0 Å². The van der Waals surface area contributed by atoms with Gasteiger partial charge in [0.2, 0.25) is 15.9 Å². The monoisotopic (exact) mass is 298 g/mol. The summed E-state index contributed by atoms with van der Waals surface area (Å²) in [6, 6.07) is 4.89. The smallest absolute Gasteiger partial charge is 0.241 e. The number of sulfonamides is 1. The first-order chi connectivity index (χ1) is 9.22. The lowest BCUT2D eigenvalue weighted by atomic mass is 10.1. The molecule has 1 aromatic rings. The van der Waals surface area contributed by atoms with Crippen molar-refractivity contribution in [2.24, 2.45) is 5.92 Å². The van der Waals surface area contributed by atoms with Crippen molar-refractivity contribution in [3.05, 3.63) is 29.3 Å². The van der Waals surface area contributed by atoms with Gasteiger partial charge in [-0.25, -0.2) is 13.1 Å². The van der Waals surface area contributed by atoms with Crippen molar-refractivity contribution in [1.29, 1.82) is 0 Å². The molecule has 2 N–H and O–H groups in total. The fourth-order valence-electron chi connectivity index (χ4n) is 1.51. The Morgan fingerprint density at radius 3 is 2.40 bits per heavy atom. The highest BCUT2D eigenvalue weighted by Crippen LogP contribution is 2.14. The number of hydrogen-bond donors (Lipinski definition) is 2. The average molecular weight is 298 g/mol. The summed E-state index contributed by atoms with van der Waals surface area (Å²) >= 11 is 0. The molecule has 0 aliphatic carbocycles. The van der Waals surface area contributed by atoms with Crippen molar-refractivity contribution in [1.82, 2.24) is 10.0 Å². The number of carbonyl (C=O) groups is 1. The highest BCUT2D eigenvalue weighted by Gasteiger charge is 2.16. The van der Waals surface area contributed by atoms with Crippen LogP contribution in [0.25, 0.3) is 0 Å². The molecule has 0 fully saturated rings. The van der Waals surface area contributed by atoms with E-state index in [9.17, 15) is 13.2 Å². The number of hydrogen-bond acceptors (Lipinski definition) is 3. The van der Waals surface area contributed by atoms with Gasteiger partial charge in [-0.1, -0.05) is 19.9 Å². The normalized spacial score (nSPS) is 11.7. The van der Waals surface area contributed by atoms with Gasteiger partial charge in [-0.15, -0.1) is 0 Å². The second-order valence-electron chi connectivity index (χ2n) is 5.27. The first-order valence-electron chi connectivity index (χ1n) is 6.56. The summed E-state index contributed by atoms with van der Waals surface area (Å²) in [5, 5.41) is 2.66. The number of nitrogens with one attached hydrogen (secondary N) is 2. The maximum Gasteiger partial charge on any atom is 0.241 e. The second-order valence-corrected chi connectivity index (χ2v) is 7.04. The van der Waals surface area contributed by atoms with E-state index in [0.717, 1.165) is 11.1 Å². The van der Waals surface area contributed by atoms with E-state index in [4.69, 9.17) is 0 Å². The van der Waals surface area contributed by atoms with Crippen molar-refractivity contribution >= 4 is 15.9 Å². The van der Waals surface area contributed by atoms with E-state index in [1.54, 1.807) is 12.1 Å². The van der Waals surface area contributed by atoms with Crippen molar-refractivity contribution in [3.8, 4) is 0 Å². The zero-order valence-corrected chi connectivity index (χ0v) is 13.2. The zero-order chi connectivity index (χ0) is 15.3. The molecule has 0 aliphatic heterocycles. The SMILES string of the molecule is Cc1ccc(S(=O)(=O)NCC(=O)NCC(C)C)cc1C. The lowest BCUT2D eigenvalue weighted by Gasteiger charge is -2.10. The molecular formula is C14H22N2O3S. The Bertz CT molecular complexity index is 580. The predicted octanol–water partition coefficient (Wildman–Crippen LogP) is 1.35. The lowest BCUT2D eigenvalue weighted by molar-refractivity contribution is -0.120. The van der Waals surface area contributed by atoms with Gasteiger partial charge in [0.15, 0.2) is 0 Å². The zero-order valence-electron chi connectivity index (χ0n) is 12.4. The summed E-state index contributed by atoms with van der Waals surface area (Å²) < 4.78 is 26.4. The van der Waals surface area contributed by atoms with Crippen LogP contribution in [0.2, 0.25) is 0 Å². The predicted molar refractivity (Wildman–Crippen MR) is 79.0 cm³/mol. The Labute approximate surface area is 120 Å². The molecule has 6 heteroatoms. The molecule has 0 radical (unpaired) electrons. The molecular weight excluding hydrogens is 276 g/mol. The summed E-state index contributed by atoms with van der Waals surface area (Å²) in [7, 11) is -3.64. The van der Waals surface area contributed by atoms with Crippen molar-refractivity contribution in [2.75, 3.05) is 13.1 Å². The quantitative estimate of drug-likeness (QED) is 0.832. The van der Waals surface area contributed by atoms with Gasteiger partial charge in [-0.3, -0.25) is 4.79 Å². The Balaban J connectivity index is 2.66. The highest BCUT2D eigenvalue weighted by molar-refractivity contribution is 7.89. The highest BCUT2D eigenvalue weighted by atomic mass is 32.2. The Morgan fingerprint density at radius 1 is 1.20 bits per heavy atom. The van der Waals surface area contributed by atoms with E-state index in [1.165, 1.54) is 6.07 Å². The topological polar surface area (TPSA) is 75.3 Å². The molecule has 0 heterocycles. The Kier molecular flexibility index (Phi) is 5.71. The minimum atomic E-state index is -3.64. The molecule has 0 spiro atoms. The van der Waals surface area contributed by atoms with Gasteiger partial charge >= 0.3 is 0 Å². The van der Waals surface area contributed by atoms with Gasteiger partial charge in [0.1, 0.15) is 0 Å². The molecule has 112 valence electrons. The summed E-state index contributed by atoms with van der Waals surface area (Å²) in [4.78, 5) is 11.7. The van der Waals surface area contributed by atoms with E-state index in [1.807, 2.05) is 27.7 Å². The molecule has 20 heavy (non-hydrogen) atoms. The van der Waals surface area contributed by atoms with Gasteiger partial charge in [0.25, 0.3) is 0 Å². The van der Waals surface area contributed by atoms with Crippen LogP contribution >= 0.6 is 0 Å². The molecule has 0 unspecified atom stereocenters. The van der Waals surface area contributed by atoms with E-state index in [-0.39, 0.29) is 17.3 Å². The number of amides is 1. The Hall–Kier alpha value is -1.40. The van der Waals surface area contributed by atoms with Gasteiger partial charge in [0, 0.05) is 6.54 Å². The summed E-state index contributed by atoms with van der Waals surface area (Å²) in [5.41, 5.74) is 1.93. The molecule has 0 aromatic heterocycles. The third kappa shape index (κ3) is 4.94. The van der Waals surface area contributed by atoms with Crippen LogP contribution in [0.3, 0.4) is 0 Å². The molecule has 1 amide bonds. The minimum Gasteiger partial charge on any atom is -0.355 e. The van der Waals surface area contributed by atoms with Crippen LogP contribution in [-0.4, -0.2) is 27.4 Å². The molecule has 0 saturated carbocycles. The summed E-state index contributed by atoms with van der Waals surface area (Å²) in [5.74, 6) is 0.00131. The van der Waals surface area contributed by atoms with Crippen molar-refractivity contribution < 1.29 is 13.2 Å². The van der Waals surface area contributed by atoms with Crippen LogP contribution in [0.4, 0.5) is 0 Å². The summed E-state index contributed by atoms with van der Waals surface area (Å²) in [6.45, 7) is 7.99. The van der Waals surface area contributed by atoms with Gasteiger partial charge in [-0.2, -0.15) is 0 Å². The fourth-order valence-corrected chi connectivity index (χ4v) is 2.57. The van der Waals surface area contributed by atoms with Crippen LogP contribution in [0, 0.1) is 19.8 Å². The van der Waals surface area contributed by atoms with E-state index < -0.39 is 10.0 Å². The number of aryl methyl sites for hydroxylation is 2. The van der Waals surface area contributed by atoms with E-state index in [0.29, 0.717) is 12.5 Å². The molecule has 0 bridgehead atoms. The van der Waals surface area contributed by atoms with Crippen LogP contribution in [0.5, 0.6) is 0 Å². The fraction of sp³-hybridized carbons (Fsp3) is 0.500. The first kappa shape index (κ1) is 16.7. The third-order valence-electron chi connectivity index (χ3n) is 2.92. The first-order valence-corrected chi connectivity index (χ1v) is 8.04. The molecule has 0 aliphatic rings. The van der Waals surface area contributed by atoms with Gasteiger partial charge in [-0.05, 0) is 43.0 Å². The minimum absolute atomic E-state index is 0.178. The second kappa shape index (κ2) is 6.85. The van der Waals surface area contributed by atoms with Crippen molar-refractivity contribution in [2.45, 2.75) is 32.6 Å². The van der Waals surface area contributed by atoms with Crippen LogP contribution in [0.1, 0.15) is 25.0 Å².